The van der Waals surface area contributed by atoms with Crippen LogP contribution >= 0.6 is 9.24 Å². The van der Waals surface area contributed by atoms with Gasteiger partial charge in [0.15, 0.2) is 0 Å². The molecule has 0 amide bonds. The van der Waals surface area contributed by atoms with Gasteiger partial charge in [0.05, 0.1) is 0 Å². The summed E-state index contributed by atoms with van der Waals surface area (Å²) in [5, 5.41) is 1.28. The molecule has 1 atom stereocenters. The molecule has 1 unspecified atom stereocenters. The van der Waals surface area contributed by atoms with Gasteiger partial charge in [-0.15, -0.1) is 9.24 Å². The Balaban J connectivity index is 0. The van der Waals surface area contributed by atoms with Crippen molar-refractivity contribution in [3.63, 3.8) is 0 Å². The summed E-state index contributed by atoms with van der Waals surface area (Å²) in [5.74, 6) is 0. The number of benzene rings is 1. The molecule has 1 aromatic rings. The molecule has 0 spiro atoms. The molecule has 14 heavy (non-hydrogen) atoms. The van der Waals surface area contributed by atoms with Gasteiger partial charge in [0.25, 0.3) is 0 Å². The molecule has 0 aliphatic carbocycles. The first-order valence-electron chi connectivity index (χ1n) is 5.59. The lowest BCUT2D eigenvalue weighted by molar-refractivity contribution is 1.11. The molecule has 1 heteroatoms. The second-order valence-electron chi connectivity index (χ2n) is 2.54. The third-order valence-electron chi connectivity index (χ3n) is 1.75. The quantitative estimate of drug-likeness (QED) is 0.614. The largest absolute Gasteiger partial charge is 0.106 e. The second kappa shape index (κ2) is 10.7. The maximum atomic E-state index is 2.72. The number of aryl methyl sites for hydroxylation is 2. The third kappa shape index (κ3) is 6.16. The van der Waals surface area contributed by atoms with Crippen LogP contribution in [-0.2, 0) is 6.42 Å². The molecule has 0 aliphatic heterocycles. The molecule has 0 N–H and O–H groups in total. The Bertz CT molecular complexity index is 229. The van der Waals surface area contributed by atoms with Crippen LogP contribution in [0.15, 0.2) is 18.2 Å². The van der Waals surface area contributed by atoms with Gasteiger partial charge < -0.3 is 0 Å². The summed E-state index contributed by atoms with van der Waals surface area (Å²) < 4.78 is 0. The highest BCUT2D eigenvalue weighted by Gasteiger charge is 1.93. The van der Waals surface area contributed by atoms with E-state index in [4.69, 9.17) is 0 Å². The molecule has 0 nitrogen and oxygen atoms in total. The molecule has 0 aliphatic rings. The standard InChI is InChI=1S/C9H13P.2C2H6/c1-3-8-6-9(10)5-4-7(8)2;2*1-2/h4-6H,3,10H2,1-2H3;2*1-2H3. The number of hydrogen-bond donors (Lipinski definition) is 0. The van der Waals surface area contributed by atoms with Crippen molar-refractivity contribution in [2.45, 2.75) is 48.0 Å². The average molecular weight is 212 g/mol. The Labute approximate surface area is 92.3 Å². The van der Waals surface area contributed by atoms with Crippen LogP contribution in [0.4, 0.5) is 0 Å². The van der Waals surface area contributed by atoms with E-state index >= 15 is 0 Å². The molecule has 0 saturated heterocycles. The Morgan fingerprint density at radius 1 is 1.07 bits per heavy atom. The molecular weight excluding hydrogens is 187 g/mol. The lowest BCUT2D eigenvalue weighted by Gasteiger charge is -2.02. The molecule has 0 fully saturated rings. The van der Waals surface area contributed by atoms with E-state index in [9.17, 15) is 0 Å². The zero-order valence-corrected chi connectivity index (χ0v) is 11.7. The minimum absolute atomic E-state index is 1.13. The number of rotatable bonds is 1. The van der Waals surface area contributed by atoms with E-state index in [0.29, 0.717) is 0 Å². The van der Waals surface area contributed by atoms with Crippen molar-refractivity contribution in [1.29, 1.82) is 0 Å². The zero-order chi connectivity index (χ0) is 11.6. The lowest BCUT2D eigenvalue weighted by atomic mass is 10.1. The van der Waals surface area contributed by atoms with Gasteiger partial charge in [0.2, 0.25) is 0 Å². The minimum Gasteiger partial charge on any atom is -0.106 e. The topological polar surface area (TPSA) is 0 Å². The summed E-state index contributed by atoms with van der Waals surface area (Å²) in [6.45, 7) is 12.3. The molecule has 82 valence electrons. The summed E-state index contributed by atoms with van der Waals surface area (Å²) in [5.41, 5.74) is 2.85. The highest BCUT2D eigenvalue weighted by atomic mass is 31.0. The molecule has 1 rings (SSSR count). The highest BCUT2D eigenvalue weighted by molar-refractivity contribution is 7.27. The second-order valence-corrected chi connectivity index (χ2v) is 3.21. The van der Waals surface area contributed by atoms with Crippen LogP contribution < -0.4 is 5.30 Å². The van der Waals surface area contributed by atoms with Crippen molar-refractivity contribution in [3.05, 3.63) is 29.3 Å². The van der Waals surface area contributed by atoms with E-state index in [1.54, 1.807) is 0 Å². The lowest BCUT2D eigenvalue weighted by Crippen LogP contribution is -1.94. The summed E-state index contributed by atoms with van der Waals surface area (Å²) in [6, 6.07) is 6.51. The van der Waals surface area contributed by atoms with Gasteiger partial charge in [-0.25, -0.2) is 0 Å². The van der Waals surface area contributed by atoms with E-state index in [1.165, 1.54) is 16.4 Å². The van der Waals surface area contributed by atoms with Gasteiger partial charge >= 0.3 is 0 Å². The van der Waals surface area contributed by atoms with Gasteiger partial charge in [-0.2, -0.15) is 0 Å². The molecule has 0 aromatic heterocycles. The zero-order valence-electron chi connectivity index (χ0n) is 10.5. The van der Waals surface area contributed by atoms with Crippen molar-refractivity contribution in [2.24, 2.45) is 0 Å². The van der Waals surface area contributed by atoms with Crippen molar-refractivity contribution >= 4 is 14.5 Å². The molecular formula is C13H25P. The first-order valence-corrected chi connectivity index (χ1v) is 6.16. The molecule has 0 radical (unpaired) electrons. The Hall–Kier alpha value is -0.350. The fraction of sp³-hybridized carbons (Fsp3) is 0.538. The van der Waals surface area contributed by atoms with E-state index in [1.807, 2.05) is 27.7 Å². The smallest absolute Gasteiger partial charge is 0.0300 e. The van der Waals surface area contributed by atoms with Crippen LogP contribution in [0.5, 0.6) is 0 Å². The van der Waals surface area contributed by atoms with Crippen molar-refractivity contribution in [2.75, 3.05) is 0 Å². The summed E-state index contributed by atoms with van der Waals surface area (Å²) in [4.78, 5) is 0. The van der Waals surface area contributed by atoms with Gasteiger partial charge in [0.1, 0.15) is 0 Å². The maximum Gasteiger partial charge on any atom is -0.0300 e. The van der Waals surface area contributed by atoms with Crippen LogP contribution in [-0.4, -0.2) is 0 Å². The van der Waals surface area contributed by atoms with E-state index in [-0.39, 0.29) is 0 Å². The molecule has 1 aromatic carbocycles. The van der Waals surface area contributed by atoms with Gasteiger partial charge in [0, 0.05) is 0 Å². The van der Waals surface area contributed by atoms with Crippen molar-refractivity contribution < 1.29 is 0 Å². The van der Waals surface area contributed by atoms with Gasteiger partial charge in [-0.1, -0.05) is 52.8 Å². The first-order chi connectivity index (χ1) is 6.74. The Morgan fingerprint density at radius 2 is 1.57 bits per heavy atom. The van der Waals surface area contributed by atoms with Crippen LogP contribution in [0.2, 0.25) is 0 Å². The van der Waals surface area contributed by atoms with Gasteiger partial charge in [-0.3, -0.25) is 0 Å². The van der Waals surface area contributed by atoms with Crippen LogP contribution in [0, 0.1) is 6.92 Å². The molecule has 0 bridgehead atoms. The summed E-state index contributed by atoms with van der Waals surface area (Å²) >= 11 is 0. The van der Waals surface area contributed by atoms with Crippen LogP contribution in [0.1, 0.15) is 45.7 Å². The minimum atomic E-state index is 1.13. The predicted octanol–water partition coefficient (Wildman–Crippen LogP) is 4.11. The van der Waals surface area contributed by atoms with Gasteiger partial charge in [-0.05, 0) is 29.8 Å². The highest BCUT2D eigenvalue weighted by Crippen LogP contribution is 2.06. The summed E-state index contributed by atoms with van der Waals surface area (Å²) in [6.07, 6.45) is 1.13. The van der Waals surface area contributed by atoms with Crippen LogP contribution in [0.3, 0.4) is 0 Å². The maximum absolute atomic E-state index is 2.72. The monoisotopic (exact) mass is 212 g/mol. The average Bonchev–Trinajstić information content (AvgIpc) is 2.27. The Morgan fingerprint density at radius 3 is 1.93 bits per heavy atom. The fourth-order valence-electron chi connectivity index (χ4n) is 1.07. The van der Waals surface area contributed by atoms with E-state index in [2.05, 4.69) is 41.3 Å². The van der Waals surface area contributed by atoms with Crippen molar-refractivity contribution in [1.82, 2.24) is 0 Å². The SMILES string of the molecule is CC.CC.CCc1cc(P)ccc1C. The molecule has 0 heterocycles. The summed E-state index contributed by atoms with van der Waals surface area (Å²) in [7, 11) is 2.72. The van der Waals surface area contributed by atoms with Crippen molar-refractivity contribution in [3.8, 4) is 0 Å². The van der Waals surface area contributed by atoms with E-state index in [0.717, 1.165) is 6.42 Å². The third-order valence-corrected chi connectivity index (χ3v) is 2.11. The molecule has 0 saturated carbocycles. The number of hydrogen-bond acceptors (Lipinski definition) is 0. The van der Waals surface area contributed by atoms with Crippen LogP contribution in [0.25, 0.3) is 0 Å². The normalized spacial score (nSPS) is 7.93. The predicted molar refractivity (Wildman–Crippen MR) is 72.6 cm³/mol. The fourth-order valence-corrected chi connectivity index (χ4v) is 1.37. The first kappa shape index (κ1) is 16.1. The Kier molecular flexibility index (Phi) is 12.3. The van der Waals surface area contributed by atoms with E-state index < -0.39 is 0 Å².